The first-order valence-corrected chi connectivity index (χ1v) is 5.11. The molecule has 0 atom stereocenters. The van der Waals surface area contributed by atoms with Crippen molar-refractivity contribution in [2.75, 3.05) is 13.6 Å². The van der Waals surface area contributed by atoms with Gasteiger partial charge in [0.15, 0.2) is 11.6 Å². The third kappa shape index (κ3) is 3.62. The minimum Gasteiger partial charge on any atom is -0.339 e. The third-order valence-electron chi connectivity index (χ3n) is 2.37. The van der Waals surface area contributed by atoms with Gasteiger partial charge in [-0.25, -0.2) is 8.78 Å². The predicted octanol–water partition coefficient (Wildman–Crippen LogP) is 1.55. The summed E-state index contributed by atoms with van der Waals surface area (Å²) in [5.74, 6) is -2.95. The Morgan fingerprint density at radius 3 is 2.41 bits per heavy atom. The van der Waals surface area contributed by atoms with Gasteiger partial charge in [0, 0.05) is 20.5 Å². The predicted molar refractivity (Wildman–Crippen MR) is 58.4 cm³/mol. The maximum atomic E-state index is 12.9. The fourth-order valence-electron chi connectivity index (χ4n) is 1.36. The molecule has 0 radical (unpaired) electrons. The molecule has 1 aromatic rings. The topological polar surface area (TPSA) is 37.4 Å². The van der Waals surface area contributed by atoms with Crippen molar-refractivity contribution in [3.8, 4) is 0 Å². The molecule has 0 saturated carbocycles. The quantitative estimate of drug-likeness (QED) is 0.750. The normalized spacial score (nSPS) is 10.1. The molecule has 0 unspecified atom stereocenters. The lowest BCUT2D eigenvalue weighted by molar-refractivity contribution is -0.142. The second-order valence-electron chi connectivity index (χ2n) is 3.78. The van der Waals surface area contributed by atoms with Crippen LogP contribution in [0.5, 0.6) is 0 Å². The van der Waals surface area contributed by atoms with Crippen molar-refractivity contribution in [1.82, 2.24) is 4.90 Å². The van der Waals surface area contributed by atoms with Crippen LogP contribution >= 0.6 is 0 Å². The summed E-state index contributed by atoms with van der Waals surface area (Å²) < 4.78 is 25.5. The SMILES string of the molecule is CC(=O)C(=O)N(C)CCc1ccc(F)c(F)c1. The molecule has 0 N–H and O–H groups in total. The molecule has 0 heterocycles. The number of halogens is 2. The first-order chi connectivity index (χ1) is 7.91. The number of carbonyl (C=O) groups excluding carboxylic acids is 2. The van der Waals surface area contributed by atoms with E-state index in [4.69, 9.17) is 0 Å². The summed E-state index contributed by atoms with van der Waals surface area (Å²) in [6, 6.07) is 3.57. The van der Waals surface area contributed by atoms with E-state index in [1.54, 1.807) is 0 Å². The zero-order valence-corrected chi connectivity index (χ0v) is 9.67. The number of benzene rings is 1. The van der Waals surface area contributed by atoms with Crippen LogP contribution in [0.2, 0.25) is 0 Å². The van der Waals surface area contributed by atoms with E-state index in [1.165, 1.54) is 24.9 Å². The van der Waals surface area contributed by atoms with Crippen molar-refractivity contribution >= 4 is 11.7 Å². The Labute approximate surface area is 98.0 Å². The van der Waals surface area contributed by atoms with Crippen LogP contribution in [0.15, 0.2) is 18.2 Å². The Morgan fingerprint density at radius 2 is 1.88 bits per heavy atom. The van der Waals surface area contributed by atoms with Crippen LogP contribution in [0.25, 0.3) is 0 Å². The van der Waals surface area contributed by atoms with Crippen LogP contribution in [-0.2, 0) is 16.0 Å². The van der Waals surface area contributed by atoms with Crippen LogP contribution in [0.1, 0.15) is 12.5 Å². The summed E-state index contributed by atoms with van der Waals surface area (Å²) >= 11 is 0. The van der Waals surface area contributed by atoms with E-state index >= 15 is 0 Å². The number of hydrogen-bond acceptors (Lipinski definition) is 2. The second-order valence-corrected chi connectivity index (χ2v) is 3.78. The van der Waals surface area contributed by atoms with Crippen molar-refractivity contribution in [1.29, 1.82) is 0 Å². The van der Waals surface area contributed by atoms with Crippen molar-refractivity contribution in [2.45, 2.75) is 13.3 Å². The number of likely N-dealkylation sites (N-methyl/N-ethyl adjacent to an activating group) is 1. The zero-order valence-electron chi connectivity index (χ0n) is 9.67. The smallest absolute Gasteiger partial charge is 0.289 e. The Balaban J connectivity index is 2.58. The van der Waals surface area contributed by atoms with Gasteiger partial charge in [-0.2, -0.15) is 0 Å². The van der Waals surface area contributed by atoms with Crippen LogP contribution in [0.3, 0.4) is 0 Å². The lowest BCUT2D eigenvalue weighted by atomic mass is 10.1. The highest BCUT2D eigenvalue weighted by Crippen LogP contribution is 2.09. The molecule has 1 rings (SSSR count). The summed E-state index contributed by atoms with van der Waals surface area (Å²) in [4.78, 5) is 23.3. The van der Waals surface area contributed by atoms with E-state index in [0.29, 0.717) is 12.0 Å². The van der Waals surface area contributed by atoms with Crippen molar-refractivity contribution < 1.29 is 18.4 Å². The molecular formula is C12H13F2NO2. The summed E-state index contributed by atoms with van der Waals surface area (Å²) in [7, 11) is 1.49. The van der Waals surface area contributed by atoms with Crippen molar-refractivity contribution in [2.24, 2.45) is 0 Å². The molecule has 0 aliphatic rings. The molecule has 0 saturated heterocycles. The van der Waals surface area contributed by atoms with Crippen LogP contribution in [0, 0.1) is 11.6 Å². The standard InChI is InChI=1S/C12H13F2NO2/c1-8(16)12(17)15(2)6-5-9-3-4-10(13)11(14)7-9/h3-4,7H,5-6H2,1-2H3. The van der Waals surface area contributed by atoms with Crippen molar-refractivity contribution in [3.63, 3.8) is 0 Å². The van der Waals surface area contributed by atoms with Crippen molar-refractivity contribution in [3.05, 3.63) is 35.4 Å². The minimum atomic E-state index is -0.914. The van der Waals surface area contributed by atoms with Gasteiger partial charge in [-0.15, -0.1) is 0 Å². The Hall–Kier alpha value is -1.78. The average Bonchev–Trinajstić information content (AvgIpc) is 2.29. The van der Waals surface area contributed by atoms with Gasteiger partial charge in [0.05, 0.1) is 0 Å². The van der Waals surface area contributed by atoms with E-state index < -0.39 is 23.3 Å². The van der Waals surface area contributed by atoms with Crippen LogP contribution in [-0.4, -0.2) is 30.2 Å². The molecule has 0 aromatic heterocycles. The molecule has 3 nitrogen and oxygen atoms in total. The number of amides is 1. The lowest BCUT2D eigenvalue weighted by Crippen LogP contribution is -2.33. The first kappa shape index (κ1) is 13.3. The van der Waals surface area contributed by atoms with Gasteiger partial charge in [0.25, 0.3) is 5.91 Å². The summed E-state index contributed by atoms with van der Waals surface area (Å²) in [5, 5.41) is 0. The van der Waals surface area contributed by atoms with Gasteiger partial charge in [-0.3, -0.25) is 9.59 Å². The van der Waals surface area contributed by atoms with E-state index in [9.17, 15) is 18.4 Å². The van der Waals surface area contributed by atoms with Gasteiger partial charge < -0.3 is 4.90 Å². The number of carbonyl (C=O) groups is 2. The fourth-order valence-corrected chi connectivity index (χ4v) is 1.36. The molecule has 17 heavy (non-hydrogen) atoms. The number of rotatable bonds is 4. The molecule has 0 aliphatic heterocycles. The number of hydrogen-bond donors (Lipinski definition) is 0. The van der Waals surface area contributed by atoms with E-state index in [0.717, 1.165) is 12.1 Å². The van der Waals surface area contributed by atoms with E-state index in [2.05, 4.69) is 0 Å². The monoisotopic (exact) mass is 241 g/mol. The molecule has 0 fully saturated rings. The Kier molecular flexibility index (Phi) is 4.31. The molecular weight excluding hydrogens is 228 g/mol. The van der Waals surface area contributed by atoms with Crippen LogP contribution < -0.4 is 0 Å². The highest BCUT2D eigenvalue weighted by molar-refractivity contribution is 6.34. The third-order valence-corrected chi connectivity index (χ3v) is 2.37. The minimum absolute atomic E-state index is 0.281. The number of nitrogens with zero attached hydrogens (tertiary/aromatic N) is 1. The summed E-state index contributed by atoms with van der Waals surface area (Å²) in [6.45, 7) is 1.47. The second kappa shape index (κ2) is 5.52. The fraction of sp³-hybridized carbons (Fsp3) is 0.333. The molecule has 0 bridgehead atoms. The van der Waals surface area contributed by atoms with Gasteiger partial charge >= 0.3 is 0 Å². The molecule has 0 aliphatic carbocycles. The molecule has 0 spiro atoms. The molecule has 5 heteroatoms. The highest BCUT2D eigenvalue weighted by Gasteiger charge is 2.13. The van der Waals surface area contributed by atoms with Crippen LogP contribution in [0.4, 0.5) is 8.78 Å². The molecule has 1 amide bonds. The largest absolute Gasteiger partial charge is 0.339 e. The highest BCUT2D eigenvalue weighted by atomic mass is 19.2. The first-order valence-electron chi connectivity index (χ1n) is 5.11. The van der Waals surface area contributed by atoms with E-state index in [1.807, 2.05) is 0 Å². The maximum absolute atomic E-state index is 12.9. The number of Topliss-reactive ketones (excluding diaryl/α,β-unsaturated/α-hetero) is 1. The Bertz CT molecular complexity index is 446. The molecule has 1 aromatic carbocycles. The van der Waals surface area contributed by atoms with Gasteiger partial charge in [0.2, 0.25) is 5.78 Å². The number of ketones is 1. The molecule has 92 valence electrons. The average molecular weight is 241 g/mol. The van der Waals surface area contributed by atoms with Gasteiger partial charge in [-0.1, -0.05) is 6.07 Å². The lowest BCUT2D eigenvalue weighted by Gasteiger charge is -2.15. The summed E-state index contributed by atoms with van der Waals surface area (Å²) in [5.41, 5.74) is 0.576. The van der Waals surface area contributed by atoms with Gasteiger partial charge in [0.1, 0.15) is 0 Å². The summed E-state index contributed by atoms with van der Waals surface area (Å²) in [6.07, 6.45) is 0.368. The Morgan fingerprint density at radius 1 is 1.24 bits per heavy atom. The maximum Gasteiger partial charge on any atom is 0.289 e. The zero-order chi connectivity index (χ0) is 13.0. The van der Waals surface area contributed by atoms with Gasteiger partial charge in [-0.05, 0) is 24.1 Å². The van der Waals surface area contributed by atoms with E-state index in [-0.39, 0.29) is 6.54 Å².